The first-order valence-electron chi connectivity index (χ1n) is 7.73. The van der Waals surface area contributed by atoms with Crippen LogP contribution in [0.4, 0.5) is 4.39 Å². The molecule has 4 heteroatoms. The van der Waals surface area contributed by atoms with Crippen LogP contribution in [0.15, 0.2) is 18.2 Å². The molecule has 0 aromatic heterocycles. The van der Waals surface area contributed by atoms with Crippen LogP contribution in [0.3, 0.4) is 0 Å². The smallest absolute Gasteiger partial charge is 0.124 e. The SMILES string of the molecule is CC(C)N(Cc1ccc(F)cc1C#N)CC1CCNCC1. The van der Waals surface area contributed by atoms with Gasteiger partial charge in [0.25, 0.3) is 0 Å². The van der Waals surface area contributed by atoms with E-state index in [1.54, 1.807) is 6.07 Å². The third-order valence-corrected chi connectivity index (χ3v) is 4.25. The van der Waals surface area contributed by atoms with Gasteiger partial charge in [0.2, 0.25) is 0 Å². The van der Waals surface area contributed by atoms with Gasteiger partial charge in [0, 0.05) is 19.1 Å². The fourth-order valence-electron chi connectivity index (χ4n) is 2.86. The minimum atomic E-state index is -0.343. The lowest BCUT2D eigenvalue weighted by Crippen LogP contribution is -2.39. The fourth-order valence-corrected chi connectivity index (χ4v) is 2.86. The van der Waals surface area contributed by atoms with Gasteiger partial charge in [0.05, 0.1) is 11.6 Å². The third-order valence-electron chi connectivity index (χ3n) is 4.25. The highest BCUT2D eigenvalue weighted by Crippen LogP contribution is 2.19. The molecule has 1 aliphatic rings. The third kappa shape index (κ3) is 4.52. The zero-order valence-electron chi connectivity index (χ0n) is 12.9. The number of hydrogen-bond acceptors (Lipinski definition) is 3. The summed E-state index contributed by atoms with van der Waals surface area (Å²) in [6.07, 6.45) is 2.41. The van der Waals surface area contributed by atoms with Crippen LogP contribution in [0.1, 0.15) is 37.8 Å². The standard InChI is InChI=1S/C17H24FN3/c1-13(2)21(11-14-5-7-20-8-6-14)12-15-3-4-17(18)9-16(15)10-19/h3-4,9,13-14,20H,5-8,11-12H2,1-2H3. The van der Waals surface area contributed by atoms with Gasteiger partial charge in [-0.05, 0) is 63.4 Å². The van der Waals surface area contributed by atoms with Crippen molar-refractivity contribution in [2.24, 2.45) is 5.92 Å². The van der Waals surface area contributed by atoms with E-state index in [2.05, 4.69) is 30.1 Å². The summed E-state index contributed by atoms with van der Waals surface area (Å²) in [4.78, 5) is 2.39. The molecule has 0 unspecified atom stereocenters. The second kappa shape index (κ2) is 7.53. The average Bonchev–Trinajstić information content (AvgIpc) is 2.49. The molecular weight excluding hydrogens is 265 g/mol. The van der Waals surface area contributed by atoms with Crippen LogP contribution in [0.5, 0.6) is 0 Å². The topological polar surface area (TPSA) is 39.1 Å². The maximum Gasteiger partial charge on any atom is 0.124 e. The maximum absolute atomic E-state index is 13.2. The molecule has 0 radical (unpaired) electrons. The number of halogens is 1. The first kappa shape index (κ1) is 15.9. The molecule has 0 saturated carbocycles. The van der Waals surface area contributed by atoms with Crippen molar-refractivity contribution in [3.05, 3.63) is 35.1 Å². The van der Waals surface area contributed by atoms with Gasteiger partial charge in [0.1, 0.15) is 5.82 Å². The van der Waals surface area contributed by atoms with Crippen molar-refractivity contribution in [2.45, 2.75) is 39.3 Å². The van der Waals surface area contributed by atoms with Crippen molar-refractivity contribution in [2.75, 3.05) is 19.6 Å². The van der Waals surface area contributed by atoms with Crippen LogP contribution in [-0.2, 0) is 6.54 Å². The Morgan fingerprint density at radius 2 is 2.10 bits per heavy atom. The van der Waals surface area contributed by atoms with Gasteiger partial charge in [-0.3, -0.25) is 4.90 Å². The van der Waals surface area contributed by atoms with Crippen LogP contribution in [-0.4, -0.2) is 30.6 Å². The molecule has 2 rings (SSSR count). The number of rotatable bonds is 5. The Morgan fingerprint density at radius 3 is 2.71 bits per heavy atom. The van der Waals surface area contributed by atoms with E-state index < -0.39 is 0 Å². The molecule has 1 aromatic rings. The van der Waals surface area contributed by atoms with Crippen molar-refractivity contribution < 1.29 is 4.39 Å². The van der Waals surface area contributed by atoms with Crippen LogP contribution >= 0.6 is 0 Å². The summed E-state index contributed by atoms with van der Waals surface area (Å²) in [5.41, 5.74) is 1.37. The molecular formula is C17H24FN3. The fraction of sp³-hybridized carbons (Fsp3) is 0.588. The number of benzene rings is 1. The molecule has 3 nitrogen and oxygen atoms in total. The molecule has 1 N–H and O–H groups in total. The molecule has 1 saturated heterocycles. The van der Waals surface area contributed by atoms with Gasteiger partial charge in [-0.25, -0.2) is 4.39 Å². The highest BCUT2D eigenvalue weighted by Gasteiger charge is 2.20. The molecule has 1 heterocycles. The Morgan fingerprint density at radius 1 is 1.38 bits per heavy atom. The molecule has 0 amide bonds. The molecule has 114 valence electrons. The molecule has 1 fully saturated rings. The molecule has 21 heavy (non-hydrogen) atoms. The number of hydrogen-bond donors (Lipinski definition) is 1. The summed E-state index contributed by atoms with van der Waals surface area (Å²) in [6, 6.07) is 7.04. The first-order valence-corrected chi connectivity index (χ1v) is 7.73. The number of nitrogens with zero attached hydrogens (tertiary/aromatic N) is 2. The number of nitrogens with one attached hydrogen (secondary N) is 1. The van der Waals surface area contributed by atoms with Crippen molar-refractivity contribution in [3.8, 4) is 6.07 Å². The molecule has 0 atom stereocenters. The Balaban J connectivity index is 2.07. The van der Waals surface area contributed by atoms with Gasteiger partial charge >= 0.3 is 0 Å². The summed E-state index contributed by atoms with van der Waals surface area (Å²) in [5.74, 6) is 0.365. The van der Waals surface area contributed by atoms with Crippen LogP contribution in [0, 0.1) is 23.1 Å². The van der Waals surface area contributed by atoms with Gasteiger partial charge in [-0.1, -0.05) is 6.07 Å². The summed E-state index contributed by atoms with van der Waals surface area (Å²) in [5, 5.41) is 12.6. The number of piperidine rings is 1. The van der Waals surface area contributed by atoms with E-state index in [-0.39, 0.29) is 5.82 Å². The summed E-state index contributed by atoms with van der Waals surface area (Å²) >= 11 is 0. The first-order chi connectivity index (χ1) is 10.1. The van der Waals surface area contributed by atoms with E-state index in [0.29, 0.717) is 24.1 Å². The summed E-state index contributed by atoms with van der Waals surface area (Å²) in [7, 11) is 0. The normalized spacial score (nSPS) is 16.4. The van der Waals surface area contributed by atoms with Gasteiger partial charge < -0.3 is 5.32 Å². The molecule has 0 spiro atoms. The summed E-state index contributed by atoms with van der Waals surface area (Å²) in [6.45, 7) is 8.30. The monoisotopic (exact) mass is 289 g/mol. The highest BCUT2D eigenvalue weighted by molar-refractivity contribution is 5.37. The maximum atomic E-state index is 13.2. The minimum absolute atomic E-state index is 0.343. The van der Waals surface area contributed by atoms with Crippen molar-refractivity contribution >= 4 is 0 Å². The molecule has 0 aliphatic carbocycles. The van der Waals surface area contributed by atoms with E-state index >= 15 is 0 Å². The Kier molecular flexibility index (Phi) is 5.72. The van der Waals surface area contributed by atoms with Gasteiger partial charge in [-0.2, -0.15) is 5.26 Å². The summed E-state index contributed by atoms with van der Waals surface area (Å²) < 4.78 is 13.2. The molecule has 0 bridgehead atoms. The van der Waals surface area contributed by atoms with Crippen molar-refractivity contribution in [1.29, 1.82) is 5.26 Å². The zero-order valence-corrected chi connectivity index (χ0v) is 12.9. The molecule has 1 aliphatic heterocycles. The van der Waals surface area contributed by atoms with Gasteiger partial charge in [0.15, 0.2) is 0 Å². The molecule has 1 aromatic carbocycles. The lowest BCUT2D eigenvalue weighted by molar-refractivity contribution is 0.161. The Labute approximate surface area is 126 Å². The lowest BCUT2D eigenvalue weighted by Gasteiger charge is -2.33. The highest BCUT2D eigenvalue weighted by atomic mass is 19.1. The predicted octanol–water partition coefficient (Wildman–Crippen LogP) is 2.91. The second-order valence-corrected chi connectivity index (χ2v) is 6.13. The van der Waals surface area contributed by atoms with E-state index in [0.717, 1.165) is 25.2 Å². The predicted molar refractivity (Wildman–Crippen MR) is 82.3 cm³/mol. The van der Waals surface area contributed by atoms with Crippen molar-refractivity contribution in [1.82, 2.24) is 10.2 Å². The second-order valence-electron chi connectivity index (χ2n) is 6.13. The average molecular weight is 289 g/mol. The number of nitriles is 1. The van der Waals surface area contributed by atoms with Crippen LogP contribution < -0.4 is 5.32 Å². The minimum Gasteiger partial charge on any atom is -0.317 e. The van der Waals surface area contributed by atoms with Crippen molar-refractivity contribution in [3.63, 3.8) is 0 Å². The van der Waals surface area contributed by atoms with Crippen LogP contribution in [0.2, 0.25) is 0 Å². The van der Waals surface area contributed by atoms with Gasteiger partial charge in [-0.15, -0.1) is 0 Å². The Bertz CT molecular complexity index is 501. The lowest BCUT2D eigenvalue weighted by atomic mass is 9.96. The van der Waals surface area contributed by atoms with E-state index in [9.17, 15) is 9.65 Å². The van der Waals surface area contributed by atoms with E-state index in [4.69, 9.17) is 0 Å². The van der Waals surface area contributed by atoms with Crippen LogP contribution in [0.25, 0.3) is 0 Å². The Hall–Kier alpha value is -1.44. The quantitative estimate of drug-likeness (QED) is 0.906. The zero-order chi connectivity index (χ0) is 15.2. The van der Waals surface area contributed by atoms with E-state index in [1.807, 2.05) is 0 Å². The van der Waals surface area contributed by atoms with E-state index in [1.165, 1.54) is 25.0 Å². The largest absolute Gasteiger partial charge is 0.317 e.